The van der Waals surface area contributed by atoms with E-state index in [1.807, 2.05) is 0 Å². The third-order valence-corrected chi connectivity index (χ3v) is 3.81. The van der Waals surface area contributed by atoms with Crippen molar-refractivity contribution in [2.24, 2.45) is 0 Å². The molecule has 0 atom stereocenters. The van der Waals surface area contributed by atoms with Gasteiger partial charge in [0.1, 0.15) is 11.6 Å². The molecule has 1 aliphatic carbocycles. The molecule has 0 amide bonds. The highest BCUT2D eigenvalue weighted by Crippen LogP contribution is 2.31. The fourth-order valence-electron chi connectivity index (χ4n) is 2.77. The van der Waals surface area contributed by atoms with Crippen molar-refractivity contribution in [3.05, 3.63) is 30.1 Å². The number of nitrogens with one attached hydrogen (secondary N) is 1. The minimum atomic E-state index is -2.83. The molecule has 4 nitrogen and oxygen atoms in total. The molecule has 1 aromatic heterocycles. The smallest absolute Gasteiger partial charge is 0.387 e. The first-order chi connectivity index (χ1) is 10.2. The predicted molar refractivity (Wildman–Crippen MR) is 74.3 cm³/mol. The quantitative estimate of drug-likeness (QED) is 0.922. The van der Waals surface area contributed by atoms with Crippen molar-refractivity contribution in [3.8, 4) is 17.1 Å². The van der Waals surface area contributed by atoms with E-state index in [1.165, 1.54) is 31.4 Å². The molecule has 112 valence electrons. The standard InChI is InChI=1S/C15H17F2N3O/c16-15(17)21-12-8-4-7-11(9-12)14-18-13(19-20-14)10-5-2-1-3-6-10/h4,7-10,15H,1-3,5-6H2,(H,18,19,20). The number of aromatic nitrogens is 3. The normalized spacial score (nSPS) is 16.3. The minimum absolute atomic E-state index is 0.117. The molecular formula is C15H17F2N3O. The maximum atomic E-state index is 12.2. The van der Waals surface area contributed by atoms with Crippen LogP contribution in [0.1, 0.15) is 43.8 Å². The van der Waals surface area contributed by atoms with Crippen LogP contribution in [0.25, 0.3) is 11.4 Å². The first kappa shape index (κ1) is 14.0. The van der Waals surface area contributed by atoms with Gasteiger partial charge in [-0.05, 0) is 25.0 Å². The Balaban J connectivity index is 1.79. The molecule has 1 N–H and O–H groups in total. The monoisotopic (exact) mass is 293 g/mol. The third kappa shape index (κ3) is 3.37. The van der Waals surface area contributed by atoms with E-state index in [0.717, 1.165) is 18.7 Å². The molecule has 0 aliphatic heterocycles. The van der Waals surface area contributed by atoms with E-state index in [2.05, 4.69) is 19.9 Å². The lowest BCUT2D eigenvalue weighted by Gasteiger charge is -2.18. The molecule has 1 fully saturated rings. The fourth-order valence-corrected chi connectivity index (χ4v) is 2.77. The van der Waals surface area contributed by atoms with Gasteiger partial charge in [0.05, 0.1) is 0 Å². The summed E-state index contributed by atoms with van der Waals surface area (Å²) in [5.41, 5.74) is 0.673. The van der Waals surface area contributed by atoms with E-state index in [9.17, 15) is 8.78 Å². The summed E-state index contributed by atoms with van der Waals surface area (Å²) in [5.74, 6) is 1.96. The van der Waals surface area contributed by atoms with Gasteiger partial charge in [0, 0.05) is 11.5 Å². The van der Waals surface area contributed by atoms with Crippen LogP contribution in [0.4, 0.5) is 8.78 Å². The van der Waals surface area contributed by atoms with Gasteiger partial charge in [0.15, 0.2) is 5.82 Å². The minimum Gasteiger partial charge on any atom is -0.435 e. The summed E-state index contributed by atoms with van der Waals surface area (Å²) in [7, 11) is 0. The Morgan fingerprint density at radius 2 is 2.00 bits per heavy atom. The van der Waals surface area contributed by atoms with Gasteiger partial charge in [-0.25, -0.2) is 4.98 Å². The van der Waals surface area contributed by atoms with Gasteiger partial charge in [-0.1, -0.05) is 31.4 Å². The molecule has 1 heterocycles. The van der Waals surface area contributed by atoms with Gasteiger partial charge in [0.2, 0.25) is 0 Å². The largest absolute Gasteiger partial charge is 0.435 e. The highest BCUT2D eigenvalue weighted by molar-refractivity contribution is 5.57. The Bertz CT molecular complexity index is 594. The van der Waals surface area contributed by atoms with Crippen molar-refractivity contribution in [2.75, 3.05) is 0 Å². The lowest BCUT2D eigenvalue weighted by Crippen LogP contribution is -2.06. The number of H-pyrrole nitrogens is 1. The number of nitrogens with zero attached hydrogens (tertiary/aromatic N) is 2. The number of ether oxygens (including phenoxy) is 1. The summed E-state index contributed by atoms with van der Waals surface area (Å²) in [6.07, 6.45) is 5.98. The van der Waals surface area contributed by atoms with Crippen molar-refractivity contribution < 1.29 is 13.5 Å². The Morgan fingerprint density at radius 3 is 2.76 bits per heavy atom. The molecule has 0 radical (unpaired) electrons. The number of halogens is 2. The van der Waals surface area contributed by atoms with Crippen molar-refractivity contribution in [1.29, 1.82) is 0 Å². The summed E-state index contributed by atoms with van der Waals surface area (Å²) in [6.45, 7) is -2.83. The fraction of sp³-hybridized carbons (Fsp3) is 0.467. The summed E-state index contributed by atoms with van der Waals surface area (Å²) in [5, 5.41) is 7.19. The third-order valence-electron chi connectivity index (χ3n) is 3.81. The van der Waals surface area contributed by atoms with Crippen LogP contribution in [0.5, 0.6) is 5.75 Å². The first-order valence-electron chi connectivity index (χ1n) is 7.20. The van der Waals surface area contributed by atoms with Crippen molar-refractivity contribution >= 4 is 0 Å². The number of aromatic amines is 1. The number of rotatable bonds is 4. The van der Waals surface area contributed by atoms with E-state index < -0.39 is 6.61 Å². The van der Waals surface area contributed by atoms with Gasteiger partial charge in [0.25, 0.3) is 0 Å². The molecule has 1 aromatic carbocycles. The van der Waals surface area contributed by atoms with Crippen LogP contribution in [-0.2, 0) is 0 Å². The molecule has 2 aromatic rings. The van der Waals surface area contributed by atoms with E-state index >= 15 is 0 Å². The topological polar surface area (TPSA) is 50.8 Å². The average molecular weight is 293 g/mol. The van der Waals surface area contributed by atoms with Gasteiger partial charge >= 0.3 is 6.61 Å². The lowest BCUT2D eigenvalue weighted by atomic mass is 9.89. The molecular weight excluding hydrogens is 276 g/mol. The molecule has 0 spiro atoms. The second-order valence-corrected chi connectivity index (χ2v) is 5.29. The summed E-state index contributed by atoms with van der Waals surface area (Å²) >= 11 is 0. The summed E-state index contributed by atoms with van der Waals surface area (Å²) < 4.78 is 28.9. The zero-order chi connectivity index (χ0) is 14.7. The predicted octanol–water partition coefficient (Wildman–Crippen LogP) is 4.12. The molecule has 1 aliphatic rings. The number of benzene rings is 1. The Kier molecular flexibility index (Phi) is 4.13. The molecule has 6 heteroatoms. The molecule has 0 bridgehead atoms. The van der Waals surface area contributed by atoms with Gasteiger partial charge < -0.3 is 4.74 Å². The van der Waals surface area contributed by atoms with Crippen LogP contribution in [-0.4, -0.2) is 21.8 Å². The number of alkyl halides is 2. The van der Waals surface area contributed by atoms with Crippen molar-refractivity contribution in [2.45, 2.75) is 44.6 Å². The SMILES string of the molecule is FC(F)Oc1cccc(-c2n[nH]c(C3CCCCC3)n2)c1. The van der Waals surface area contributed by atoms with Crippen LogP contribution >= 0.6 is 0 Å². The molecule has 3 rings (SSSR count). The van der Waals surface area contributed by atoms with Gasteiger partial charge in [-0.15, -0.1) is 0 Å². The summed E-state index contributed by atoms with van der Waals surface area (Å²) in [6, 6.07) is 6.46. The van der Waals surface area contributed by atoms with Gasteiger partial charge in [-0.2, -0.15) is 13.9 Å². The Morgan fingerprint density at radius 1 is 1.19 bits per heavy atom. The average Bonchev–Trinajstić information content (AvgIpc) is 2.98. The van der Waals surface area contributed by atoms with Crippen LogP contribution in [0.3, 0.4) is 0 Å². The van der Waals surface area contributed by atoms with Crippen LogP contribution in [0.2, 0.25) is 0 Å². The second-order valence-electron chi connectivity index (χ2n) is 5.29. The van der Waals surface area contributed by atoms with Crippen LogP contribution in [0, 0.1) is 0 Å². The van der Waals surface area contributed by atoms with Crippen molar-refractivity contribution in [3.63, 3.8) is 0 Å². The summed E-state index contributed by atoms with van der Waals surface area (Å²) in [4.78, 5) is 4.51. The molecule has 1 saturated carbocycles. The highest BCUT2D eigenvalue weighted by Gasteiger charge is 2.19. The van der Waals surface area contributed by atoms with E-state index in [1.54, 1.807) is 12.1 Å². The molecule has 0 unspecified atom stereocenters. The van der Waals surface area contributed by atoms with E-state index in [0.29, 0.717) is 17.3 Å². The Labute approximate surface area is 121 Å². The van der Waals surface area contributed by atoms with Crippen LogP contribution in [0.15, 0.2) is 24.3 Å². The number of hydrogen-bond donors (Lipinski definition) is 1. The Hall–Kier alpha value is -1.98. The van der Waals surface area contributed by atoms with E-state index in [-0.39, 0.29) is 5.75 Å². The van der Waals surface area contributed by atoms with E-state index in [4.69, 9.17) is 0 Å². The molecule has 21 heavy (non-hydrogen) atoms. The van der Waals surface area contributed by atoms with Gasteiger partial charge in [-0.3, -0.25) is 5.10 Å². The highest BCUT2D eigenvalue weighted by atomic mass is 19.3. The first-order valence-corrected chi connectivity index (χ1v) is 7.20. The zero-order valence-corrected chi connectivity index (χ0v) is 11.6. The van der Waals surface area contributed by atoms with Crippen molar-refractivity contribution in [1.82, 2.24) is 15.2 Å². The maximum Gasteiger partial charge on any atom is 0.387 e. The molecule has 0 saturated heterocycles. The lowest BCUT2D eigenvalue weighted by molar-refractivity contribution is -0.0498. The zero-order valence-electron chi connectivity index (χ0n) is 11.6. The maximum absolute atomic E-state index is 12.2. The van der Waals surface area contributed by atoms with Crippen LogP contribution < -0.4 is 4.74 Å². The second kappa shape index (κ2) is 6.20. The number of hydrogen-bond acceptors (Lipinski definition) is 3.